The van der Waals surface area contributed by atoms with Gasteiger partial charge in [-0.15, -0.1) is 6.42 Å². The molecule has 2 nitrogen and oxygen atoms in total. The molecule has 0 bridgehead atoms. The van der Waals surface area contributed by atoms with Crippen LogP contribution in [0.3, 0.4) is 0 Å². The highest BCUT2D eigenvalue weighted by molar-refractivity contribution is 5.79. The van der Waals surface area contributed by atoms with Crippen molar-refractivity contribution in [3.8, 4) is 12.3 Å². The predicted molar refractivity (Wildman–Crippen MR) is 83.0 cm³/mol. The zero-order valence-electron chi connectivity index (χ0n) is 13.5. The summed E-state index contributed by atoms with van der Waals surface area (Å²) < 4.78 is 5.51. The third-order valence-corrected chi connectivity index (χ3v) is 4.00. The van der Waals surface area contributed by atoms with Crippen molar-refractivity contribution >= 4 is 5.97 Å². The molecule has 3 atom stereocenters. The fraction of sp³-hybridized carbons (Fsp3) is 0.611. The lowest BCUT2D eigenvalue weighted by Crippen LogP contribution is -2.20. The lowest BCUT2D eigenvalue weighted by atomic mass is 10.1. The van der Waals surface area contributed by atoms with E-state index >= 15 is 0 Å². The molecule has 20 heavy (non-hydrogen) atoms. The molecule has 0 radical (unpaired) electrons. The van der Waals surface area contributed by atoms with Gasteiger partial charge in [0.2, 0.25) is 0 Å². The van der Waals surface area contributed by atoms with Crippen molar-refractivity contribution < 1.29 is 9.53 Å². The Balaban J connectivity index is 2.76. The van der Waals surface area contributed by atoms with Gasteiger partial charge in [0, 0.05) is 0 Å². The van der Waals surface area contributed by atoms with E-state index in [1.807, 2.05) is 19.9 Å². The van der Waals surface area contributed by atoms with Crippen LogP contribution in [-0.4, -0.2) is 12.1 Å². The summed E-state index contributed by atoms with van der Waals surface area (Å²) in [5, 5.41) is 0. The number of rotatable bonds is 5. The maximum absolute atomic E-state index is 12.3. The van der Waals surface area contributed by atoms with E-state index < -0.39 is 6.10 Å². The number of esters is 1. The van der Waals surface area contributed by atoms with Crippen LogP contribution in [0.4, 0.5) is 0 Å². The first-order chi connectivity index (χ1) is 9.25. The minimum absolute atomic E-state index is 0.0319. The van der Waals surface area contributed by atoms with Gasteiger partial charge in [-0.25, -0.2) is 0 Å². The van der Waals surface area contributed by atoms with Gasteiger partial charge in [0.15, 0.2) is 6.10 Å². The highest BCUT2D eigenvalue weighted by Crippen LogP contribution is 2.59. The Labute approximate surface area is 123 Å². The number of carbonyl (C=O) groups is 1. The maximum atomic E-state index is 12.3. The second-order valence-corrected chi connectivity index (χ2v) is 6.41. The molecule has 0 heterocycles. The molecule has 0 aromatic carbocycles. The molecule has 0 aromatic heterocycles. The van der Waals surface area contributed by atoms with Gasteiger partial charge >= 0.3 is 5.97 Å². The number of ether oxygens (including phenoxy) is 1. The summed E-state index contributed by atoms with van der Waals surface area (Å²) in [6.45, 7) is 12.2. The molecule has 0 N–H and O–H groups in total. The van der Waals surface area contributed by atoms with E-state index in [9.17, 15) is 4.79 Å². The molecular weight excluding hydrogens is 248 g/mol. The zero-order valence-corrected chi connectivity index (χ0v) is 13.5. The molecule has 0 amide bonds. The number of carbonyl (C=O) groups excluding carboxylic acids is 1. The normalized spacial score (nSPS) is 25.4. The molecule has 1 fully saturated rings. The molecule has 0 unspecified atom stereocenters. The van der Waals surface area contributed by atoms with Crippen molar-refractivity contribution in [1.29, 1.82) is 0 Å². The zero-order chi connectivity index (χ0) is 15.5. The van der Waals surface area contributed by atoms with Gasteiger partial charge in [-0.3, -0.25) is 4.79 Å². The summed E-state index contributed by atoms with van der Waals surface area (Å²) in [6, 6.07) is 0. The van der Waals surface area contributed by atoms with Gasteiger partial charge in [-0.05, 0) is 44.1 Å². The standard InChI is InChI=1S/C18H26O2/c1-8-10-13(5)15(9-2)20-17(19)16-14(11-12(3)4)18(16,6)7/h2,10-11,14-16H,8H2,1,3-7H3/b13-10-/t14-,15-,16+/m1/s1. The molecule has 0 spiro atoms. The molecule has 0 aliphatic heterocycles. The minimum atomic E-state index is -0.536. The van der Waals surface area contributed by atoms with E-state index in [0.29, 0.717) is 0 Å². The molecule has 0 aromatic rings. The van der Waals surface area contributed by atoms with Gasteiger partial charge in [0.25, 0.3) is 0 Å². The fourth-order valence-electron chi connectivity index (χ4n) is 2.67. The lowest BCUT2D eigenvalue weighted by molar-refractivity contribution is -0.147. The molecule has 1 aliphatic rings. The van der Waals surface area contributed by atoms with E-state index in [4.69, 9.17) is 11.2 Å². The first kappa shape index (κ1) is 16.6. The summed E-state index contributed by atoms with van der Waals surface area (Å²) >= 11 is 0. The molecule has 1 rings (SSSR count). The average Bonchev–Trinajstić information content (AvgIpc) is 2.86. The first-order valence-electron chi connectivity index (χ1n) is 7.24. The monoisotopic (exact) mass is 274 g/mol. The van der Waals surface area contributed by atoms with Crippen LogP contribution in [0.1, 0.15) is 48.0 Å². The first-order valence-corrected chi connectivity index (χ1v) is 7.24. The second-order valence-electron chi connectivity index (χ2n) is 6.41. The van der Waals surface area contributed by atoms with Gasteiger partial charge in [0.05, 0.1) is 5.92 Å². The number of allylic oxidation sites excluding steroid dienone is 3. The number of terminal acetylenes is 1. The van der Waals surface area contributed by atoms with Gasteiger partial charge in [-0.2, -0.15) is 0 Å². The van der Waals surface area contributed by atoms with Crippen LogP contribution in [0.15, 0.2) is 23.3 Å². The minimum Gasteiger partial charge on any atom is -0.444 e. The van der Waals surface area contributed by atoms with E-state index in [2.05, 4.69) is 39.7 Å². The fourth-order valence-corrected chi connectivity index (χ4v) is 2.67. The Morgan fingerprint density at radius 3 is 2.45 bits per heavy atom. The number of hydrogen-bond acceptors (Lipinski definition) is 2. The van der Waals surface area contributed by atoms with Crippen molar-refractivity contribution in [2.75, 3.05) is 0 Å². The molecular formula is C18H26O2. The lowest BCUT2D eigenvalue weighted by Gasteiger charge is -2.13. The Morgan fingerprint density at radius 1 is 1.40 bits per heavy atom. The SMILES string of the molecule is C#C[C@@H](OC(=O)[C@@H]1[C@@H](C=C(C)C)C1(C)C)/C(C)=C\CC. The smallest absolute Gasteiger partial charge is 0.311 e. The predicted octanol–water partition coefficient (Wildman–Crippen LogP) is 4.13. The summed E-state index contributed by atoms with van der Waals surface area (Å²) in [5.74, 6) is 2.56. The van der Waals surface area contributed by atoms with Gasteiger partial charge in [-0.1, -0.05) is 44.4 Å². The van der Waals surface area contributed by atoms with E-state index in [0.717, 1.165) is 12.0 Å². The van der Waals surface area contributed by atoms with Crippen LogP contribution < -0.4 is 0 Å². The number of hydrogen-bond donors (Lipinski definition) is 0. The molecule has 1 aliphatic carbocycles. The Hall–Kier alpha value is -1.49. The second kappa shape index (κ2) is 6.31. The summed E-state index contributed by atoms with van der Waals surface area (Å²) in [7, 11) is 0. The van der Waals surface area contributed by atoms with Crippen LogP contribution in [0.2, 0.25) is 0 Å². The van der Waals surface area contributed by atoms with E-state index in [-0.39, 0.29) is 23.2 Å². The summed E-state index contributed by atoms with van der Waals surface area (Å²) in [6.07, 6.45) is 9.99. The van der Waals surface area contributed by atoms with E-state index in [1.165, 1.54) is 5.57 Å². The van der Waals surface area contributed by atoms with Crippen LogP contribution >= 0.6 is 0 Å². The van der Waals surface area contributed by atoms with Gasteiger partial charge < -0.3 is 4.74 Å². The summed E-state index contributed by atoms with van der Waals surface area (Å²) in [4.78, 5) is 12.3. The van der Waals surface area contributed by atoms with Crippen LogP contribution in [0.5, 0.6) is 0 Å². The molecule has 110 valence electrons. The Kier molecular flexibility index (Phi) is 5.22. The quantitative estimate of drug-likeness (QED) is 0.428. The highest BCUT2D eigenvalue weighted by atomic mass is 16.5. The van der Waals surface area contributed by atoms with Gasteiger partial charge in [0.1, 0.15) is 0 Å². The third kappa shape index (κ3) is 3.54. The Bertz CT molecular complexity index is 470. The van der Waals surface area contributed by atoms with Crippen molar-refractivity contribution in [3.05, 3.63) is 23.3 Å². The highest BCUT2D eigenvalue weighted by Gasteiger charge is 2.61. The van der Waals surface area contributed by atoms with Crippen molar-refractivity contribution in [3.63, 3.8) is 0 Å². The average molecular weight is 274 g/mol. The topological polar surface area (TPSA) is 26.3 Å². The van der Waals surface area contributed by atoms with Crippen molar-refractivity contribution in [2.45, 2.75) is 54.1 Å². The third-order valence-electron chi connectivity index (χ3n) is 4.00. The van der Waals surface area contributed by atoms with E-state index in [1.54, 1.807) is 0 Å². The van der Waals surface area contributed by atoms with Crippen LogP contribution in [-0.2, 0) is 9.53 Å². The van der Waals surface area contributed by atoms with Crippen molar-refractivity contribution in [1.82, 2.24) is 0 Å². The maximum Gasteiger partial charge on any atom is 0.311 e. The summed E-state index contributed by atoms with van der Waals surface area (Å²) in [5.41, 5.74) is 2.13. The Morgan fingerprint density at radius 2 is 2.00 bits per heavy atom. The molecule has 0 saturated heterocycles. The largest absolute Gasteiger partial charge is 0.444 e. The van der Waals surface area contributed by atoms with Crippen LogP contribution in [0, 0.1) is 29.6 Å². The molecule has 2 heteroatoms. The van der Waals surface area contributed by atoms with Crippen LogP contribution in [0.25, 0.3) is 0 Å². The molecule has 1 saturated carbocycles. The van der Waals surface area contributed by atoms with Crippen molar-refractivity contribution in [2.24, 2.45) is 17.3 Å².